The van der Waals surface area contributed by atoms with Crippen molar-refractivity contribution in [2.24, 2.45) is 0 Å². The van der Waals surface area contributed by atoms with Crippen molar-refractivity contribution in [2.75, 3.05) is 6.54 Å². The quantitative estimate of drug-likeness (QED) is 0.597. The Hall–Kier alpha value is 0.846. The van der Waals surface area contributed by atoms with Gasteiger partial charge in [0, 0.05) is 43.6 Å². The van der Waals surface area contributed by atoms with Gasteiger partial charge in [0.15, 0.2) is 0 Å². The predicted octanol–water partition coefficient (Wildman–Crippen LogP) is -0.560. The molecule has 0 aromatic carbocycles. The summed E-state index contributed by atoms with van der Waals surface area (Å²) in [5.41, 5.74) is 0. The van der Waals surface area contributed by atoms with Crippen LogP contribution < -0.4 is 5.32 Å². The molecule has 5 heteroatoms. The number of carboxylic acids is 1. The minimum Gasteiger partial charge on any atom is -0.480 e. The van der Waals surface area contributed by atoms with Crippen molar-refractivity contribution in [1.29, 1.82) is 0 Å². The topological polar surface area (TPSA) is 49.3 Å². The maximum atomic E-state index is 10.1. The van der Waals surface area contributed by atoms with E-state index in [1.54, 1.807) is 0 Å². The van der Waals surface area contributed by atoms with E-state index in [0.717, 1.165) is 19.4 Å². The monoisotopic (exact) mass is 232 g/mol. The summed E-state index contributed by atoms with van der Waals surface area (Å²) in [7, 11) is 0. The molecule has 1 saturated heterocycles. The molecule has 1 aliphatic heterocycles. The third-order valence-corrected chi connectivity index (χ3v) is 1.36. The van der Waals surface area contributed by atoms with Crippen molar-refractivity contribution in [3.8, 4) is 0 Å². The molecule has 0 spiro atoms. The van der Waals surface area contributed by atoms with Crippen LogP contribution in [0, 0.1) is 0 Å². The minimum atomic E-state index is -0.720. The zero-order valence-corrected chi connectivity index (χ0v) is 9.24. The molecule has 3 radical (unpaired) electrons. The van der Waals surface area contributed by atoms with Gasteiger partial charge in [-0.1, -0.05) is 0 Å². The molecule has 0 unspecified atom stereocenters. The van der Waals surface area contributed by atoms with Crippen molar-refractivity contribution in [1.82, 2.24) is 5.32 Å². The fraction of sp³-hybridized carbons (Fsp3) is 0.800. The molecule has 0 bridgehead atoms. The van der Waals surface area contributed by atoms with Crippen molar-refractivity contribution >= 4 is 23.3 Å². The van der Waals surface area contributed by atoms with Gasteiger partial charge in [-0.05, 0) is 19.4 Å². The van der Waals surface area contributed by atoms with E-state index in [4.69, 9.17) is 5.11 Å². The number of hydrogen-bond donors (Lipinski definition) is 2. The van der Waals surface area contributed by atoms with Gasteiger partial charge < -0.3 is 10.4 Å². The first kappa shape index (κ1) is 13.4. The van der Waals surface area contributed by atoms with E-state index >= 15 is 0 Å². The molecule has 0 amide bonds. The van der Waals surface area contributed by atoms with Crippen LogP contribution in [0.5, 0.6) is 0 Å². The smallest absolute Gasteiger partial charge is 0.320 e. The predicted molar refractivity (Wildman–Crippen MR) is 34.4 cm³/mol. The molecule has 0 aromatic heterocycles. The first-order valence-electron chi connectivity index (χ1n) is 2.77. The summed E-state index contributed by atoms with van der Waals surface area (Å²) in [5.74, 6) is -0.720. The molecule has 0 aromatic rings. The summed E-state index contributed by atoms with van der Waals surface area (Å²) in [4.78, 5) is 10.1. The first-order chi connectivity index (χ1) is 3.80. The van der Waals surface area contributed by atoms with Crippen LogP contribution in [-0.2, 0) is 31.0 Å². The zero-order valence-electron chi connectivity index (χ0n) is 5.63. The van der Waals surface area contributed by atoms with E-state index in [1.165, 1.54) is 0 Å². The zero-order chi connectivity index (χ0) is 5.98. The summed E-state index contributed by atoms with van der Waals surface area (Å²) in [6, 6.07) is -0.269. The molecule has 3 nitrogen and oxygen atoms in total. The molecule has 1 heterocycles. The summed E-state index contributed by atoms with van der Waals surface area (Å²) in [6.45, 7) is 0.858. The van der Waals surface area contributed by atoms with Crippen LogP contribution in [0.2, 0.25) is 0 Å². The Kier molecular flexibility index (Phi) is 8.80. The maximum absolute atomic E-state index is 10.1. The van der Waals surface area contributed by atoms with E-state index < -0.39 is 5.97 Å². The van der Waals surface area contributed by atoms with Gasteiger partial charge in [-0.15, -0.1) is 0 Å². The van der Waals surface area contributed by atoms with Gasteiger partial charge in [0.1, 0.15) is 6.04 Å². The largest absolute Gasteiger partial charge is 0.480 e. The minimum absolute atomic E-state index is 0. The van der Waals surface area contributed by atoms with Crippen molar-refractivity contribution < 1.29 is 36.1 Å². The van der Waals surface area contributed by atoms with Gasteiger partial charge in [-0.2, -0.15) is 0 Å². The second-order valence-electron chi connectivity index (χ2n) is 1.99. The maximum Gasteiger partial charge on any atom is 0.320 e. The standard InChI is InChI=1S/C5H9NO2.Al.Zr/c7-5(8)4-2-1-3-6-4;;/h4,6H,1-3H2,(H,7,8);;/t4-;;/m0../s1. The van der Waals surface area contributed by atoms with Crippen molar-refractivity contribution in [2.45, 2.75) is 18.9 Å². The molecular formula is C5H9AlNO2Zr. The van der Waals surface area contributed by atoms with E-state index in [1.807, 2.05) is 0 Å². The molecule has 1 rings (SSSR count). The number of carboxylic acid groups (broad SMARTS) is 1. The number of rotatable bonds is 1. The summed E-state index contributed by atoms with van der Waals surface area (Å²) in [6.07, 6.45) is 1.78. The number of aliphatic carboxylic acids is 1. The third kappa shape index (κ3) is 3.88. The molecule has 0 saturated carbocycles. The van der Waals surface area contributed by atoms with E-state index in [9.17, 15) is 4.79 Å². The molecule has 1 atom stereocenters. The fourth-order valence-corrected chi connectivity index (χ4v) is 0.895. The second kappa shape index (κ2) is 6.55. The molecule has 1 fully saturated rings. The molecule has 1 aliphatic rings. The fourth-order valence-electron chi connectivity index (χ4n) is 0.895. The molecule has 10 heavy (non-hydrogen) atoms. The first-order valence-corrected chi connectivity index (χ1v) is 2.77. The second-order valence-corrected chi connectivity index (χ2v) is 1.99. The van der Waals surface area contributed by atoms with Crippen LogP contribution in [0.4, 0.5) is 0 Å². The Morgan fingerprint density at radius 1 is 1.60 bits per heavy atom. The Balaban J connectivity index is 0. The van der Waals surface area contributed by atoms with E-state index in [2.05, 4.69) is 5.32 Å². The average molecular weight is 233 g/mol. The average Bonchev–Trinajstić information content (AvgIpc) is 2.12. The number of hydrogen-bond acceptors (Lipinski definition) is 2. The SMILES string of the molecule is O=C(O)[C@@H]1CCCN1.[Al].[Zr]. The van der Waals surface area contributed by atoms with E-state index in [-0.39, 0.29) is 49.6 Å². The molecule has 2 N–H and O–H groups in total. The van der Waals surface area contributed by atoms with Crippen LogP contribution in [0.15, 0.2) is 0 Å². The van der Waals surface area contributed by atoms with Gasteiger partial charge >= 0.3 is 5.97 Å². The van der Waals surface area contributed by atoms with Crippen molar-refractivity contribution in [3.63, 3.8) is 0 Å². The van der Waals surface area contributed by atoms with Gasteiger partial charge in [0.05, 0.1) is 0 Å². The van der Waals surface area contributed by atoms with Gasteiger partial charge in [0.2, 0.25) is 0 Å². The Labute approximate surface area is 89.8 Å². The number of carbonyl (C=O) groups is 1. The molecule has 53 valence electrons. The summed E-state index contributed by atoms with van der Waals surface area (Å²) >= 11 is 0. The van der Waals surface area contributed by atoms with Crippen LogP contribution in [0.1, 0.15) is 12.8 Å². The van der Waals surface area contributed by atoms with E-state index in [0.29, 0.717) is 0 Å². The van der Waals surface area contributed by atoms with Gasteiger partial charge in [0.25, 0.3) is 0 Å². The normalized spacial score (nSPS) is 22.6. The van der Waals surface area contributed by atoms with Crippen LogP contribution >= 0.6 is 0 Å². The molecule has 0 aliphatic carbocycles. The van der Waals surface area contributed by atoms with Gasteiger partial charge in [-0.3, -0.25) is 4.79 Å². The Morgan fingerprint density at radius 2 is 2.20 bits per heavy atom. The summed E-state index contributed by atoms with van der Waals surface area (Å²) in [5, 5.41) is 11.2. The van der Waals surface area contributed by atoms with Crippen LogP contribution in [0.3, 0.4) is 0 Å². The Morgan fingerprint density at radius 3 is 2.40 bits per heavy atom. The van der Waals surface area contributed by atoms with Gasteiger partial charge in [-0.25, -0.2) is 0 Å². The third-order valence-electron chi connectivity index (χ3n) is 1.36. The summed E-state index contributed by atoms with van der Waals surface area (Å²) < 4.78 is 0. The van der Waals surface area contributed by atoms with Crippen LogP contribution in [0.25, 0.3) is 0 Å². The number of nitrogens with one attached hydrogen (secondary N) is 1. The van der Waals surface area contributed by atoms with Crippen molar-refractivity contribution in [3.05, 3.63) is 0 Å². The van der Waals surface area contributed by atoms with Crippen LogP contribution in [-0.4, -0.2) is 41.0 Å². The Bertz CT molecular complexity index is 106. The molecular weight excluding hydrogens is 224 g/mol.